The van der Waals surface area contributed by atoms with Crippen LogP contribution in [0, 0.1) is 0 Å². The van der Waals surface area contributed by atoms with Crippen molar-refractivity contribution in [2.45, 2.75) is 19.1 Å². The Morgan fingerprint density at radius 2 is 2.10 bits per heavy atom. The van der Waals surface area contributed by atoms with Gasteiger partial charge in [0.15, 0.2) is 0 Å². The van der Waals surface area contributed by atoms with E-state index < -0.39 is 6.10 Å². The summed E-state index contributed by atoms with van der Waals surface area (Å²) < 4.78 is 0. The number of carbonyl (C=O) groups is 1. The van der Waals surface area contributed by atoms with Crippen LogP contribution in [-0.4, -0.2) is 22.7 Å². The second-order valence-electron chi connectivity index (χ2n) is 4.78. The number of carbonyl (C=O) groups excluding carboxylic acids is 1. The van der Waals surface area contributed by atoms with Crippen molar-refractivity contribution < 1.29 is 9.63 Å². The third-order valence-electron chi connectivity index (χ3n) is 3.26. The number of hydrogen-bond acceptors (Lipinski definition) is 4. The second kappa shape index (κ2) is 6.17. The highest BCUT2D eigenvalue weighted by Crippen LogP contribution is 2.16. The molecule has 1 unspecified atom stereocenters. The average Bonchev–Trinajstić information content (AvgIpc) is 3.04. The van der Waals surface area contributed by atoms with Crippen molar-refractivity contribution in [2.24, 2.45) is 5.16 Å². The maximum Gasteiger partial charge on any atom is 0.264 e. The number of nitrogens with one attached hydrogen (secondary N) is 1. The quantitative estimate of drug-likeness (QED) is 0.930. The lowest BCUT2D eigenvalue weighted by Crippen LogP contribution is -2.34. The number of hydrogen-bond donors (Lipinski definition) is 1. The van der Waals surface area contributed by atoms with E-state index in [1.165, 1.54) is 0 Å². The van der Waals surface area contributed by atoms with Crippen LogP contribution in [0.3, 0.4) is 0 Å². The molecule has 0 saturated heterocycles. The van der Waals surface area contributed by atoms with Crippen LogP contribution in [0.15, 0.2) is 60.0 Å². The van der Waals surface area contributed by atoms with E-state index in [9.17, 15) is 4.79 Å². The zero-order chi connectivity index (χ0) is 14.5. The van der Waals surface area contributed by atoms with E-state index in [1.54, 1.807) is 12.4 Å². The molecule has 0 fully saturated rings. The molecule has 0 bridgehead atoms. The van der Waals surface area contributed by atoms with Gasteiger partial charge < -0.3 is 10.2 Å². The molecule has 1 aliphatic rings. The lowest BCUT2D eigenvalue weighted by Gasteiger charge is -2.09. The number of rotatable bonds is 4. The molecule has 1 atom stereocenters. The first-order valence-electron chi connectivity index (χ1n) is 6.77. The average molecular weight is 281 g/mol. The summed E-state index contributed by atoms with van der Waals surface area (Å²) in [5.41, 5.74) is 2.74. The minimum Gasteiger partial charge on any atom is -0.382 e. The molecular formula is C16H15N3O2. The number of aromatic nitrogens is 1. The van der Waals surface area contributed by atoms with Crippen molar-refractivity contribution >= 4 is 11.6 Å². The van der Waals surface area contributed by atoms with Gasteiger partial charge >= 0.3 is 0 Å². The molecule has 5 nitrogen and oxygen atoms in total. The third kappa shape index (κ3) is 3.25. The number of nitrogens with zero attached hydrogens (tertiary/aromatic N) is 2. The maximum atomic E-state index is 12.1. The Bertz CT molecular complexity index is 641. The van der Waals surface area contributed by atoms with Crippen LogP contribution in [0.5, 0.6) is 0 Å². The van der Waals surface area contributed by atoms with E-state index in [-0.39, 0.29) is 5.91 Å². The zero-order valence-electron chi connectivity index (χ0n) is 11.4. The molecule has 0 saturated carbocycles. The molecule has 1 aliphatic heterocycles. The van der Waals surface area contributed by atoms with Gasteiger partial charge in [-0.3, -0.25) is 9.78 Å². The Morgan fingerprint density at radius 3 is 2.86 bits per heavy atom. The lowest BCUT2D eigenvalue weighted by atomic mass is 10.0. The molecule has 3 rings (SSSR count). The minimum absolute atomic E-state index is 0.159. The van der Waals surface area contributed by atoms with Gasteiger partial charge in [-0.1, -0.05) is 41.6 Å². The van der Waals surface area contributed by atoms with E-state index in [4.69, 9.17) is 4.84 Å². The van der Waals surface area contributed by atoms with Crippen LogP contribution < -0.4 is 5.32 Å². The summed E-state index contributed by atoms with van der Waals surface area (Å²) in [6.07, 6.45) is 3.35. The fourth-order valence-electron chi connectivity index (χ4n) is 2.12. The number of benzene rings is 1. The molecule has 1 amide bonds. The van der Waals surface area contributed by atoms with Crippen molar-refractivity contribution in [1.82, 2.24) is 10.3 Å². The third-order valence-corrected chi connectivity index (χ3v) is 3.26. The number of amides is 1. The smallest absolute Gasteiger partial charge is 0.264 e. The SMILES string of the molecule is O=C(NCc1cccnc1)C1CC(c2ccccc2)=NO1. The van der Waals surface area contributed by atoms with Gasteiger partial charge in [0.05, 0.1) is 5.71 Å². The van der Waals surface area contributed by atoms with Crippen LogP contribution in [0.1, 0.15) is 17.5 Å². The highest BCUT2D eigenvalue weighted by Gasteiger charge is 2.28. The van der Waals surface area contributed by atoms with E-state index in [1.807, 2.05) is 42.5 Å². The predicted molar refractivity (Wildman–Crippen MR) is 78.6 cm³/mol. The van der Waals surface area contributed by atoms with Crippen molar-refractivity contribution in [3.8, 4) is 0 Å². The molecule has 0 spiro atoms. The van der Waals surface area contributed by atoms with Crippen LogP contribution in [0.2, 0.25) is 0 Å². The molecule has 2 heterocycles. The maximum absolute atomic E-state index is 12.1. The zero-order valence-corrected chi connectivity index (χ0v) is 11.4. The summed E-state index contributed by atoms with van der Waals surface area (Å²) in [4.78, 5) is 21.3. The first kappa shape index (κ1) is 13.3. The Morgan fingerprint density at radius 1 is 1.24 bits per heavy atom. The van der Waals surface area contributed by atoms with Gasteiger partial charge in [-0.15, -0.1) is 0 Å². The van der Waals surface area contributed by atoms with E-state index in [0.717, 1.165) is 16.8 Å². The van der Waals surface area contributed by atoms with Crippen LogP contribution >= 0.6 is 0 Å². The minimum atomic E-state index is -0.558. The van der Waals surface area contributed by atoms with Crippen molar-refractivity contribution in [3.05, 3.63) is 66.0 Å². The van der Waals surface area contributed by atoms with Crippen molar-refractivity contribution in [3.63, 3.8) is 0 Å². The summed E-state index contributed by atoms with van der Waals surface area (Å²) in [6, 6.07) is 13.5. The monoisotopic (exact) mass is 281 g/mol. The van der Waals surface area contributed by atoms with E-state index in [0.29, 0.717) is 13.0 Å². The van der Waals surface area contributed by atoms with Gasteiger partial charge in [0, 0.05) is 25.4 Å². The van der Waals surface area contributed by atoms with Gasteiger partial charge in [0.1, 0.15) is 0 Å². The second-order valence-corrected chi connectivity index (χ2v) is 4.78. The fourth-order valence-corrected chi connectivity index (χ4v) is 2.12. The molecule has 106 valence electrons. The molecule has 0 radical (unpaired) electrons. The summed E-state index contributed by atoms with van der Waals surface area (Å²) in [7, 11) is 0. The van der Waals surface area contributed by atoms with Gasteiger partial charge in [0.2, 0.25) is 6.10 Å². The first-order valence-corrected chi connectivity index (χ1v) is 6.77. The van der Waals surface area contributed by atoms with Crippen molar-refractivity contribution in [2.75, 3.05) is 0 Å². The van der Waals surface area contributed by atoms with Crippen LogP contribution in [0.4, 0.5) is 0 Å². The normalized spacial score (nSPS) is 17.0. The molecule has 21 heavy (non-hydrogen) atoms. The van der Waals surface area contributed by atoms with Gasteiger partial charge in [-0.25, -0.2) is 0 Å². The molecule has 1 N–H and O–H groups in total. The number of pyridine rings is 1. The first-order chi connectivity index (χ1) is 10.3. The Kier molecular flexibility index (Phi) is 3.91. The largest absolute Gasteiger partial charge is 0.382 e. The van der Waals surface area contributed by atoms with E-state index >= 15 is 0 Å². The van der Waals surface area contributed by atoms with Crippen LogP contribution in [0.25, 0.3) is 0 Å². The summed E-state index contributed by atoms with van der Waals surface area (Å²) >= 11 is 0. The van der Waals surface area contributed by atoms with Gasteiger partial charge in [0.25, 0.3) is 5.91 Å². The summed E-state index contributed by atoms with van der Waals surface area (Å²) in [5, 5.41) is 6.84. The Hall–Kier alpha value is -2.69. The molecule has 5 heteroatoms. The predicted octanol–water partition coefficient (Wildman–Crippen LogP) is 1.89. The molecule has 0 aliphatic carbocycles. The highest BCUT2D eigenvalue weighted by molar-refractivity contribution is 6.04. The fraction of sp³-hybridized carbons (Fsp3) is 0.188. The van der Waals surface area contributed by atoms with Crippen molar-refractivity contribution in [1.29, 1.82) is 0 Å². The molecule has 2 aromatic rings. The highest BCUT2D eigenvalue weighted by atomic mass is 16.6. The van der Waals surface area contributed by atoms with Gasteiger partial charge in [-0.2, -0.15) is 0 Å². The summed E-state index contributed by atoms with van der Waals surface area (Å²) in [6.45, 7) is 0.438. The molecule has 1 aromatic heterocycles. The topological polar surface area (TPSA) is 63.6 Å². The van der Waals surface area contributed by atoms with Gasteiger partial charge in [-0.05, 0) is 17.2 Å². The number of oxime groups is 1. The summed E-state index contributed by atoms with van der Waals surface area (Å²) in [5.74, 6) is -0.159. The van der Waals surface area contributed by atoms with Crippen LogP contribution in [-0.2, 0) is 16.2 Å². The molecule has 1 aromatic carbocycles. The van der Waals surface area contributed by atoms with E-state index in [2.05, 4.69) is 15.5 Å². The lowest BCUT2D eigenvalue weighted by molar-refractivity contribution is -0.131. The Balaban J connectivity index is 1.54. The Labute approximate surface area is 122 Å². The molecular weight excluding hydrogens is 266 g/mol. The standard InChI is InChI=1S/C16H15N3O2/c20-16(18-11-12-5-4-8-17-10-12)15-9-14(19-21-15)13-6-2-1-3-7-13/h1-8,10,15H,9,11H2,(H,18,20).